The van der Waals surface area contributed by atoms with Crippen molar-refractivity contribution in [1.82, 2.24) is 4.98 Å². The molecular weight excluding hydrogens is 158 g/mol. The van der Waals surface area contributed by atoms with Crippen molar-refractivity contribution in [1.29, 1.82) is 0 Å². The van der Waals surface area contributed by atoms with Crippen LogP contribution in [0.1, 0.15) is 24.5 Å². The van der Waals surface area contributed by atoms with Crippen molar-refractivity contribution in [2.45, 2.75) is 26.3 Å². The SMILES string of the molecule is Cc1nc(C(C)(C)N)sc1N. The summed E-state index contributed by atoms with van der Waals surface area (Å²) in [5.41, 5.74) is 12.0. The molecule has 0 aromatic carbocycles. The van der Waals surface area contributed by atoms with Gasteiger partial charge in [-0.1, -0.05) is 11.3 Å². The summed E-state index contributed by atoms with van der Waals surface area (Å²) in [4.78, 5) is 4.25. The third kappa shape index (κ3) is 1.70. The van der Waals surface area contributed by atoms with E-state index in [1.54, 1.807) is 0 Å². The summed E-state index contributed by atoms with van der Waals surface area (Å²) in [5, 5.41) is 1.66. The van der Waals surface area contributed by atoms with Gasteiger partial charge in [-0.05, 0) is 20.8 Å². The van der Waals surface area contributed by atoms with Crippen LogP contribution in [0.5, 0.6) is 0 Å². The number of hydrogen-bond donors (Lipinski definition) is 2. The Morgan fingerprint density at radius 3 is 2.18 bits per heavy atom. The average molecular weight is 171 g/mol. The number of anilines is 1. The molecule has 1 aromatic heterocycles. The lowest BCUT2D eigenvalue weighted by atomic mass is 10.1. The van der Waals surface area contributed by atoms with Crippen molar-refractivity contribution < 1.29 is 0 Å². The van der Waals surface area contributed by atoms with Crippen molar-refractivity contribution in [3.8, 4) is 0 Å². The lowest BCUT2D eigenvalue weighted by Crippen LogP contribution is -2.28. The van der Waals surface area contributed by atoms with Crippen LogP contribution in [-0.2, 0) is 5.54 Å². The Morgan fingerprint density at radius 1 is 1.45 bits per heavy atom. The number of aromatic nitrogens is 1. The molecule has 3 nitrogen and oxygen atoms in total. The molecule has 0 fully saturated rings. The van der Waals surface area contributed by atoms with E-state index in [9.17, 15) is 0 Å². The Hall–Kier alpha value is -0.610. The van der Waals surface area contributed by atoms with Gasteiger partial charge in [-0.2, -0.15) is 0 Å². The van der Waals surface area contributed by atoms with E-state index < -0.39 is 0 Å². The fourth-order valence-corrected chi connectivity index (χ4v) is 1.53. The van der Waals surface area contributed by atoms with E-state index >= 15 is 0 Å². The number of nitrogen functional groups attached to an aromatic ring is 1. The van der Waals surface area contributed by atoms with E-state index in [1.807, 2.05) is 20.8 Å². The topological polar surface area (TPSA) is 64.9 Å². The predicted octanol–water partition coefficient (Wildman–Crippen LogP) is 1.23. The summed E-state index contributed by atoms with van der Waals surface area (Å²) in [7, 11) is 0. The van der Waals surface area contributed by atoms with E-state index in [4.69, 9.17) is 11.5 Å². The van der Waals surface area contributed by atoms with Gasteiger partial charge < -0.3 is 11.5 Å². The number of nitrogens with two attached hydrogens (primary N) is 2. The van der Waals surface area contributed by atoms with E-state index in [-0.39, 0.29) is 5.54 Å². The molecule has 0 aliphatic carbocycles. The molecule has 4 heteroatoms. The molecule has 0 saturated carbocycles. The number of hydrogen-bond acceptors (Lipinski definition) is 4. The molecule has 0 aliphatic rings. The molecular formula is C7H13N3S. The monoisotopic (exact) mass is 171 g/mol. The smallest absolute Gasteiger partial charge is 0.114 e. The molecule has 1 rings (SSSR count). The average Bonchev–Trinajstić information content (AvgIpc) is 2.11. The molecule has 1 heterocycles. The van der Waals surface area contributed by atoms with Crippen LogP contribution in [0.15, 0.2) is 0 Å². The molecule has 0 saturated heterocycles. The maximum absolute atomic E-state index is 5.83. The lowest BCUT2D eigenvalue weighted by molar-refractivity contribution is 0.549. The van der Waals surface area contributed by atoms with Crippen LogP contribution in [0, 0.1) is 6.92 Å². The first-order valence-corrected chi connectivity index (χ1v) is 4.25. The van der Waals surface area contributed by atoms with Gasteiger partial charge in [-0.15, -0.1) is 0 Å². The summed E-state index contributed by atoms with van der Waals surface area (Å²) < 4.78 is 0. The third-order valence-electron chi connectivity index (χ3n) is 1.38. The van der Waals surface area contributed by atoms with E-state index in [0.29, 0.717) is 0 Å². The van der Waals surface area contributed by atoms with Crippen LogP contribution < -0.4 is 11.5 Å². The summed E-state index contributed by atoms with van der Waals surface area (Å²) >= 11 is 1.46. The standard InChI is InChI=1S/C7H13N3S/c1-4-5(8)11-6(10-4)7(2,3)9/h8-9H2,1-3H3. The lowest BCUT2D eigenvalue weighted by Gasteiger charge is -2.13. The summed E-state index contributed by atoms with van der Waals surface area (Å²) in [6, 6.07) is 0. The summed E-state index contributed by atoms with van der Waals surface area (Å²) in [6.45, 7) is 5.73. The molecule has 0 atom stereocenters. The number of rotatable bonds is 1. The second kappa shape index (κ2) is 2.46. The van der Waals surface area contributed by atoms with Crippen molar-refractivity contribution in [2.75, 3.05) is 5.73 Å². The van der Waals surface area contributed by atoms with Crippen LogP contribution in [0.25, 0.3) is 0 Å². The highest BCUT2D eigenvalue weighted by atomic mass is 32.1. The quantitative estimate of drug-likeness (QED) is 0.668. The molecule has 62 valence electrons. The van der Waals surface area contributed by atoms with Gasteiger partial charge >= 0.3 is 0 Å². The Bertz CT molecular complexity index is 240. The molecule has 4 N–H and O–H groups in total. The van der Waals surface area contributed by atoms with Gasteiger partial charge in [0.05, 0.1) is 11.2 Å². The summed E-state index contributed by atoms with van der Waals surface area (Å²) in [6.07, 6.45) is 0. The first kappa shape index (κ1) is 8.49. The predicted molar refractivity (Wildman–Crippen MR) is 48.5 cm³/mol. The summed E-state index contributed by atoms with van der Waals surface area (Å²) in [5.74, 6) is 0. The molecule has 1 aromatic rings. The van der Waals surface area contributed by atoms with Gasteiger partial charge in [-0.3, -0.25) is 0 Å². The van der Waals surface area contributed by atoms with Crippen LogP contribution in [0.2, 0.25) is 0 Å². The number of thiazole rings is 1. The van der Waals surface area contributed by atoms with Gasteiger partial charge in [0.2, 0.25) is 0 Å². The van der Waals surface area contributed by atoms with E-state index in [2.05, 4.69) is 4.98 Å². The second-order valence-corrected chi connectivity index (χ2v) is 4.22. The highest BCUT2D eigenvalue weighted by Crippen LogP contribution is 2.27. The maximum atomic E-state index is 5.83. The largest absolute Gasteiger partial charge is 0.389 e. The van der Waals surface area contributed by atoms with Crippen molar-refractivity contribution >= 4 is 16.3 Å². The Labute approximate surface area is 70.4 Å². The van der Waals surface area contributed by atoms with Gasteiger partial charge in [0.15, 0.2) is 0 Å². The fraction of sp³-hybridized carbons (Fsp3) is 0.571. The Kier molecular flexibility index (Phi) is 1.90. The van der Waals surface area contributed by atoms with E-state index in [0.717, 1.165) is 15.7 Å². The molecule has 0 spiro atoms. The fourth-order valence-electron chi connectivity index (χ4n) is 0.684. The maximum Gasteiger partial charge on any atom is 0.114 e. The highest BCUT2D eigenvalue weighted by Gasteiger charge is 2.19. The zero-order chi connectivity index (χ0) is 8.65. The van der Waals surface area contributed by atoms with Gasteiger partial charge in [0.1, 0.15) is 10.0 Å². The van der Waals surface area contributed by atoms with Gasteiger partial charge in [0, 0.05) is 0 Å². The second-order valence-electron chi connectivity index (χ2n) is 3.19. The first-order chi connectivity index (χ1) is 4.91. The first-order valence-electron chi connectivity index (χ1n) is 3.43. The van der Waals surface area contributed by atoms with Crippen LogP contribution in [-0.4, -0.2) is 4.98 Å². The minimum atomic E-state index is -0.368. The molecule has 11 heavy (non-hydrogen) atoms. The molecule has 0 bridgehead atoms. The van der Waals surface area contributed by atoms with Crippen LogP contribution in [0.3, 0.4) is 0 Å². The van der Waals surface area contributed by atoms with Crippen molar-refractivity contribution in [2.24, 2.45) is 5.73 Å². The van der Waals surface area contributed by atoms with Gasteiger partial charge in [0.25, 0.3) is 0 Å². The Balaban J connectivity index is 3.08. The third-order valence-corrected chi connectivity index (χ3v) is 2.71. The molecule has 0 aliphatic heterocycles. The zero-order valence-electron chi connectivity index (χ0n) is 7.01. The van der Waals surface area contributed by atoms with Crippen molar-refractivity contribution in [3.63, 3.8) is 0 Å². The number of nitrogens with zero attached hydrogens (tertiary/aromatic N) is 1. The minimum Gasteiger partial charge on any atom is -0.389 e. The molecule has 0 amide bonds. The number of aryl methyl sites for hydroxylation is 1. The highest BCUT2D eigenvalue weighted by molar-refractivity contribution is 7.15. The van der Waals surface area contributed by atoms with E-state index in [1.165, 1.54) is 11.3 Å². The van der Waals surface area contributed by atoms with Crippen molar-refractivity contribution in [3.05, 3.63) is 10.7 Å². The van der Waals surface area contributed by atoms with Crippen LogP contribution in [0.4, 0.5) is 5.00 Å². The zero-order valence-corrected chi connectivity index (χ0v) is 7.83. The molecule has 0 radical (unpaired) electrons. The molecule has 0 unspecified atom stereocenters. The normalized spacial score (nSPS) is 12.0. The van der Waals surface area contributed by atoms with Gasteiger partial charge in [-0.25, -0.2) is 4.98 Å². The Morgan fingerprint density at radius 2 is 2.00 bits per heavy atom. The minimum absolute atomic E-state index is 0.368. The van der Waals surface area contributed by atoms with Crippen LogP contribution >= 0.6 is 11.3 Å².